The van der Waals surface area contributed by atoms with Crippen molar-refractivity contribution in [2.45, 2.75) is 13.8 Å². The molecular weight excluding hydrogens is 328 g/mol. The second-order valence-corrected chi connectivity index (χ2v) is 5.95. The molecule has 0 aliphatic rings. The highest BCUT2D eigenvalue weighted by Crippen LogP contribution is 2.17. The Balaban J connectivity index is 1.51. The molecule has 0 N–H and O–H groups in total. The minimum Gasteiger partial charge on any atom is -0.458 e. The molecule has 3 aromatic carbocycles. The number of esters is 1. The molecule has 0 radical (unpaired) electrons. The number of carbonyl (C=O) groups is 1. The number of hydrogen-bond acceptors (Lipinski definition) is 4. The fraction of sp³-hybridized carbons (Fsp3) is 0.136. The number of benzene rings is 3. The van der Waals surface area contributed by atoms with Crippen LogP contribution in [0.3, 0.4) is 0 Å². The molecule has 0 atom stereocenters. The Labute approximate surface area is 153 Å². The lowest BCUT2D eigenvalue weighted by Crippen LogP contribution is -2.09. The average molecular weight is 348 g/mol. The molecule has 0 bridgehead atoms. The molecule has 0 saturated carbocycles. The average Bonchev–Trinajstić information content (AvgIpc) is 2.66. The van der Waals surface area contributed by atoms with Gasteiger partial charge >= 0.3 is 5.97 Å². The molecule has 0 amide bonds. The minimum atomic E-state index is -0.406. The first kappa shape index (κ1) is 17.5. The maximum absolute atomic E-state index is 12.1. The van der Waals surface area contributed by atoms with Gasteiger partial charge in [0.1, 0.15) is 17.2 Å². The van der Waals surface area contributed by atoms with Crippen LogP contribution < -0.4 is 14.2 Å². The van der Waals surface area contributed by atoms with Crippen LogP contribution in [0.1, 0.15) is 21.5 Å². The molecule has 4 nitrogen and oxygen atoms in total. The normalized spacial score (nSPS) is 10.2. The standard InChI is InChI=1S/C22H20O4/c1-16-3-9-19(10-4-16)24-15-25-20-13-7-18(8-14-20)22(23)26-21-11-5-17(2)6-12-21/h3-14H,15H2,1-2H3. The van der Waals surface area contributed by atoms with Crippen molar-refractivity contribution in [1.29, 1.82) is 0 Å². The molecule has 0 spiro atoms. The molecule has 3 aromatic rings. The van der Waals surface area contributed by atoms with Crippen LogP contribution in [0.2, 0.25) is 0 Å². The van der Waals surface area contributed by atoms with Crippen molar-refractivity contribution in [2.24, 2.45) is 0 Å². The first-order chi connectivity index (χ1) is 12.6. The van der Waals surface area contributed by atoms with Crippen molar-refractivity contribution in [2.75, 3.05) is 6.79 Å². The molecule has 3 rings (SSSR count). The van der Waals surface area contributed by atoms with Gasteiger partial charge in [-0.2, -0.15) is 0 Å². The first-order valence-corrected chi connectivity index (χ1v) is 8.31. The highest BCUT2D eigenvalue weighted by molar-refractivity contribution is 5.91. The number of aryl methyl sites for hydroxylation is 2. The molecule has 0 heterocycles. The van der Waals surface area contributed by atoms with Gasteiger partial charge in [-0.1, -0.05) is 35.4 Å². The lowest BCUT2D eigenvalue weighted by molar-refractivity contribution is 0.0734. The summed E-state index contributed by atoms with van der Waals surface area (Å²) in [5.41, 5.74) is 2.74. The van der Waals surface area contributed by atoms with Gasteiger partial charge in [0.25, 0.3) is 0 Å². The van der Waals surface area contributed by atoms with Gasteiger partial charge in [-0.05, 0) is 62.4 Å². The fourth-order valence-electron chi connectivity index (χ4n) is 2.26. The fourth-order valence-corrected chi connectivity index (χ4v) is 2.26. The molecule has 0 aliphatic carbocycles. The van der Waals surface area contributed by atoms with Gasteiger partial charge in [0.05, 0.1) is 5.56 Å². The zero-order valence-corrected chi connectivity index (χ0v) is 14.8. The molecule has 0 fully saturated rings. The Morgan fingerprint density at radius 2 is 1.08 bits per heavy atom. The highest BCUT2D eigenvalue weighted by atomic mass is 16.7. The van der Waals surface area contributed by atoms with E-state index in [-0.39, 0.29) is 6.79 Å². The van der Waals surface area contributed by atoms with Crippen LogP contribution in [0.4, 0.5) is 0 Å². The van der Waals surface area contributed by atoms with Gasteiger partial charge in [-0.15, -0.1) is 0 Å². The van der Waals surface area contributed by atoms with Crippen LogP contribution in [0.15, 0.2) is 72.8 Å². The molecule has 0 aliphatic heterocycles. The molecule has 132 valence electrons. The number of rotatable bonds is 6. The predicted octanol–water partition coefficient (Wildman–Crippen LogP) is 4.94. The third kappa shape index (κ3) is 4.86. The Bertz CT molecular complexity index is 850. The second-order valence-electron chi connectivity index (χ2n) is 5.95. The van der Waals surface area contributed by atoms with Gasteiger partial charge in [0.2, 0.25) is 6.79 Å². The SMILES string of the molecule is Cc1ccc(OCOc2ccc(C(=O)Oc3ccc(C)cc3)cc2)cc1. The monoisotopic (exact) mass is 348 g/mol. The Hall–Kier alpha value is -3.27. The van der Waals surface area contributed by atoms with Crippen molar-refractivity contribution in [3.63, 3.8) is 0 Å². The molecule has 26 heavy (non-hydrogen) atoms. The molecule has 0 aromatic heterocycles. The summed E-state index contributed by atoms with van der Waals surface area (Å²) >= 11 is 0. The Kier molecular flexibility index (Phi) is 5.54. The lowest BCUT2D eigenvalue weighted by atomic mass is 10.2. The molecule has 4 heteroatoms. The highest BCUT2D eigenvalue weighted by Gasteiger charge is 2.08. The summed E-state index contributed by atoms with van der Waals surface area (Å²) in [6.07, 6.45) is 0. The van der Waals surface area contributed by atoms with Crippen LogP contribution in [-0.4, -0.2) is 12.8 Å². The zero-order valence-electron chi connectivity index (χ0n) is 14.8. The summed E-state index contributed by atoms with van der Waals surface area (Å²) < 4.78 is 16.4. The van der Waals surface area contributed by atoms with Gasteiger partial charge in [-0.3, -0.25) is 0 Å². The van der Waals surface area contributed by atoms with Crippen LogP contribution >= 0.6 is 0 Å². The van der Waals surface area contributed by atoms with Crippen molar-refractivity contribution in [3.05, 3.63) is 89.5 Å². The Morgan fingerprint density at radius 1 is 0.654 bits per heavy atom. The third-order valence-corrected chi connectivity index (χ3v) is 3.79. The van der Waals surface area contributed by atoms with Crippen LogP contribution in [0.5, 0.6) is 17.2 Å². The van der Waals surface area contributed by atoms with E-state index in [2.05, 4.69) is 0 Å². The second kappa shape index (κ2) is 8.21. The van der Waals surface area contributed by atoms with Crippen LogP contribution in [0, 0.1) is 13.8 Å². The van der Waals surface area contributed by atoms with Gasteiger partial charge in [-0.25, -0.2) is 4.79 Å². The van der Waals surface area contributed by atoms with E-state index in [1.165, 1.54) is 5.56 Å². The van der Waals surface area contributed by atoms with Gasteiger partial charge < -0.3 is 14.2 Å². The molecule has 0 saturated heterocycles. The first-order valence-electron chi connectivity index (χ1n) is 8.31. The molecular formula is C22H20O4. The molecule has 0 unspecified atom stereocenters. The van der Waals surface area contributed by atoms with Crippen molar-refractivity contribution >= 4 is 5.97 Å². The summed E-state index contributed by atoms with van der Waals surface area (Å²) in [5.74, 6) is 1.47. The lowest BCUT2D eigenvalue weighted by Gasteiger charge is -2.09. The largest absolute Gasteiger partial charge is 0.458 e. The van der Waals surface area contributed by atoms with E-state index in [9.17, 15) is 4.79 Å². The van der Waals surface area contributed by atoms with E-state index >= 15 is 0 Å². The van der Waals surface area contributed by atoms with E-state index in [0.29, 0.717) is 17.1 Å². The van der Waals surface area contributed by atoms with Gasteiger partial charge in [0.15, 0.2) is 0 Å². The van der Waals surface area contributed by atoms with Gasteiger partial charge in [0, 0.05) is 0 Å². The summed E-state index contributed by atoms with van der Waals surface area (Å²) in [7, 11) is 0. The van der Waals surface area contributed by atoms with Crippen molar-refractivity contribution in [1.82, 2.24) is 0 Å². The van der Waals surface area contributed by atoms with E-state index in [4.69, 9.17) is 14.2 Å². The van der Waals surface area contributed by atoms with Crippen molar-refractivity contribution < 1.29 is 19.0 Å². The number of carbonyl (C=O) groups excluding carboxylic acids is 1. The third-order valence-electron chi connectivity index (χ3n) is 3.79. The zero-order chi connectivity index (χ0) is 18.4. The van der Waals surface area contributed by atoms with E-state index in [1.54, 1.807) is 36.4 Å². The smallest absolute Gasteiger partial charge is 0.343 e. The Morgan fingerprint density at radius 3 is 1.58 bits per heavy atom. The topological polar surface area (TPSA) is 44.8 Å². The van der Waals surface area contributed by atoms with E-state index in [0.717, 1.165) is 11.3 Å². The number of ether oxygens (including phenoxy) is 3. The summed E-state index contributed by atoms with van der Waals surface area (Å²) in [4.78, 5) is 12.1. The van der Waals surface area contributed by atoms with E-state index in [1.807, 2.05) is 50.2 Å². The predicted molar refractivity (Wildman–Crippen MR) is 99.9 cm³/mol. The summed E-state index contributed by atoms with van der Waals surface area (Å²) in [6, 6.07) is 21.8. The minimum absolute atomic E-state index is 0.0935. The van der Waals surface area contributed by atoms with Crippen LogP contribution in [-0.2, 0) is 0 Å². The van der Waals surface area contributed by atoms with Crippen LogP contribution in [0.25, 0.3) is 0 Å². The number of hydrogen-bond donors (Lipinski definition) is 0. The van der Waals surface area contributed by atoms with Crippen molar-refractivity contribution in [3.8, 4) is 17.2 Å². The summed E-state index contributed by atoms with van der Waals surface area (Å²) in [6.45, 7) is 4.09. The summed E-state index contributed by atoms with van der Waals surface area (Å²) in [5, 5.41) is 0. The maximum atomic E-state index is 12.1. The van der Waals surface area contributed by atoms with E-state index < -0.39 is 5.97 Å². The maximum Gasteiger partial charge on any atom is 0.343 e. The quantitative estimate of drug-likeness (QED) is 0.360.